The molecule has 1 aromatic heterocycles. The number of nitrogens with one attached hydrogen (secondary N) is 1. The van der Waals surface area contributed by atoms with Gasteiger partial charge in [-0.1, -0.05) is 6.07 Å². The molecule has 0 amide bonds. The summed E-state index contributed by atoms with van der Waals surface area (Å²) in [6.07, 6.45) is 0.677. The number of benzene rings is 1. The Labute approximate surface area is 124 Å². The Kier molecular flexibility index (Phi) is 4.62. The van der Waals surface area contributed by atoms with Gasteiger partial charge in [-0.3, -0.25) is 0 Å². The number of hydrogen-bond acceptors (Lipinski definition) is 4. The first kappa shape index (κ1) is 14.5. The maximum Gasteiger partial charge on any atom is 0.241 e. The predicted octanol–water partition coefficient (Wildman–Crippen LogP) is 2.61. The van der Waals surface area contributed by atoms with Crippen LogP contribution in [0.4, 0.5) is 5.69 Å². The molecule has 0 fully saturated rings. The van der Waals surface area contributed by atoms with Gasteiger partial charge in [0.15, 0.2) is 0 Å². The van der Waals surface area contributed by atoms with E-state index in [1.165, 1.54) is 6.07 Å². The number of hydrogen-bond donors (Lipinski definition) is 2. The molecule has 2 rings (SSSR count). The topological polar surface area (TPSA) is 72.2 Å². The summed E-state index contributed by atoms with van der Waals surface area (Å²) in [5.74, 6) is 0. The Hall–Kier alpha value is -0.890. The van der Waals surface area contributed by atoms with Gasteiger partial charge in [0.1, 0.15) is 0 Å². The van der Waals surface area contributed by atoms with Crippen LogP contribution in [0.5, 0.6) is 0 Å². The average Bonchev–Trinajstić information content (AvgIpc) is 2.85. The van der Waals surface area contributed by atoms with Crippen LogP contribution in [0, 0.1) is 0 Å². The molecule has 3 N–H and O–H groups in total. The van der Waals surface area contributed by atoms with E-state index in [0.717, 1.165) is 4.88 Å². The van der Waals surface area contributed by atoms with E-state index in [1.807, 2.05) is 17.5 Å². The normalized spacial score (nSPS) is 11.6. The van der Waals surface area contributed by atoms with Crippen LogP contribution >= 0.6 is 27.3 Å². The number of nitrogens with two attached hydrogens (primary N) is 1. The number of anilines is 1. The Morgan fingerprint density at radius 1 is 1.32 bits per heavy atom. The summed E-state index contributed by atoms with van der Waals surface area (Å²) in [4.78, 5) is 1.31. The highest BCUT2D eigenvalue weighted by Gasteiger charge is 2.17. The third kappa shape index (κ3) is 3.79. The van der Waals surface area contributed by atoms with Gasteiger partial charge in [0.25, 0.3) is 0 Å². The third-order valence-corrected chi connectivity index (χ3v) is 5.88. The lowest BCUT2D eigenvalue weighted by atomic mass is 10.3. The van der Waals surface area contributed by atoms with E-state index in [0.29, 0.717) is 23.1 Å². The maximum atomic E-state index is 12.1. The van der Waals surface area contributed by atoms with Crippen molar-refractivity contribution in [2.45, 2.75) is 11.3 Å². The fourth-order valence-corrected chi connectivity index (χ4v) is 4.30. The van der Waals surface area contributed by atoms with Crippen LogP contribution in [0.3, 0.4) is 0 Å². The van der Waals surface area contributed by atoms with Crippen molar-refractivity contribution in [3.8, 4) is 0 Å². The fourth-order valence-electron chi connectivity index (χ4n) is 1.57. The zero-order chi connectivity index (χ0) is 13.9. The minimum absolute atomic E-state index is 0.165. The molecule has 19 heavy (non-hydrogen) atoms. The molecular formula is C12H13BrN2O2S2. The molecule has 0 radical (unpaired) electrons. The number of sulfonamides is 1. The largest absolute Gasteiger partial charge is 0.399 e. The molecule has 0 saturated carbocycles. The van der Waals surface area contributed by atoms with Gasteiger partial charge in [0.05, 0.1) is 4.90 Å². The second-order valence-electron chi connectivity index (χ2n) is 3.92. The summed E-state index contributed by atoms with van der Waals surface area (Å²) < 4.78 is 27.4. The van der Waals surface area contributed by atoms with Gasteiger partial charge < -0.3 is 5.73 Å². The molecular weight excluding hydrogens is 348 g/mol. The molecule has 0 saturated heterocycles. The lowest BCUT2D eigenvalue weighted by Crippen LogP contribution is -2.26. The molecule has 0 aliphatic rings. The molecule has 0 bridgehead atoms. The van der Waals surface area contributed by atoms with Crippen molar-refractivity contribution in [3.05, 3.63) is 45.1 Å². The second-order valence-corrected chi connectivity index (χ2v) is 7.54. The van der Waals surface area contributed by atoms with Gasteiger partial charge in [0, 0.05) is 21.6 Å². The summed E-state index contributed by atoms with van der Waals surface area (Å²) >= 11 is 4.84. The molecule has 2 aromatic rings. The second kappa shape index (κ2) is 6.04. The first-order valence-corrected chi connectivity index (χ1v) is 8.72. The summed E-state index contributed by atoms with van der Waals surface area (Å²) in [5, 5.41) is 1.97. The number of nitrogen functional groups attached to an aromatic ring is 1. The molecule has 0 aliphatic carbocycles. The quantitative estimate of drug-likeness (QED) is 0.805. The standard InChI is InChI=1S/C12H13BrN2O2S2/c13-11-4-3-9(14)8-12(11)19(16,17)15-6-5-10-2-1-7-18-10/h1-4,7-8,15H,5-6,14H2. The lowest BCUT2D eigenvalue weighted by Gasteiger charge is -2.08. The van der Waals surface area contributed by atoms with Crippen LogP contribution in [0.1, 0.15) is 4.88 Å². The number of halogens is 1. The zero-order valence-corrected chi connectivity index (χ0v) is 13.2. The van der Waals surface area contributed by atoms with Gasteiger partial charge in [-0.15, -0.1) is 11.3 Å². The van der Waals surface area contributed by atoms with Crippen LogP contribution in [0.2, 0.25) is 0 Å². The van der Waals surface area contributed by atoms with Crippen molar-refractivity contribution in [3.63, 3.8) is 0 Å². The molecule has 7 heteroatoms. The van der Waals surface area contributed by atoms with Crippen LogP contribution in [0.15, 0.2) is 45.1 Å². The minimum atomic E-state index is -3.54. The average molecular weight is 361 g/mol. The van der Waals surface area contributed by atoms with E-state index in [-0.39, 0.29) is 4.90 Å². The highest BCUT2D eigenvalue weighted by atomic mass is 79.9. The van der Waals surface area contributed by atoms with E-state index in [1.54, 1.807) is 23.5 Å². The molecule has 4 nitrogen and oxygen atoms in total. The summed E-state index contributed by atoms with van der Waals surface area (Å²) in [6, 6.07) is 8.65. The van der Waals surface area contributed by atoms with E-state index in [9.17, 15) is 8.42 Å². The fraction of sp³-hybridized carbons (Fsp3) is 0.167. The molecule has 1 heterocycles. The maximum absolute atomic E-state index is 12.1. The molecule has 102 valence electrons. The van der Waals surface area contributed by atoms with Crippen molar-refractivity contribution in [2.24, 2.45) is 0 Å². The Balaban J connectivity index is 2.07. The van der Waals surface area contributed by atoms with Crippen molar-refractivity contribution in [1.29, 1.82) is 0 Å². The molecule has 1 aromatic carbocycles. The monoisotopic (exact) mass is 360 g/mol. The SMILES string of the molecule is Nc1ccc(Br)c(S(=O)(=O)NCCc2cccs2)c1. The van der Waals surface area contributed by atoms with Crippen molar-refractivity contribution in [2.75, 3.05) is 12.3 Å². The van der Waals surface area contributed by atoms with Gasteiger partial charge >= 0.3 is 0 Å². The Morgan fingerprint density at radius 3 is 2.79 bits per heavy atom. The molecule has 0 aliphatic heterocycles. The number of thiophene rings is 1. The lowest BCUT2D eigenvalue weighted by molar-refractivity contribution is 0.581. The summed E-state index contributed by atoms with van der Waals surface area (Å²) in [5.41, 5.74) is 6.04. The van der Waals surface area contributed by atoms with Crippen LogP contribution in [0.25, 0.3) is 0 Å². The molecule has 0 spiro atoms. The van der Waals surface area contributed by atoms with Gasteiger partial charge in [-0.2, -0.15) is 0 Å². The first-order valence-electron chi connectivity index (χ1n) is 5.56. The number of rotatable bonds is 5. The summed E-state index contributed by atoms with van der Waals surface area (Å²) in [7, 11) is -3.54. The zero-order valence-electron chi connectivity index (χ0n) is 9.97. The van der Waals surface area contributed by atoms with Crippen LogP contribution in [-0.4, -0.2) is 15.0 Å². The Bertz CT molecular complexity index is 654. The van der Waals surface area contributed by atoms with Crippen LogP contribution < -0.4 is 10.5 Å². The van der Waals surface area contributed by atoms with E-state index < -0.39 is 10.0 Å². The van der Waals surface area contributed by atoms with Crippen molar-refractivity contribution < 1.29 is 8.42 Å². The summed E-state index contributed by atoms with van der Waals surface area (Å²) in [6.45, 7) is 0.365. The minimum Gasteiger partial charge on any atom is -0.399 e. The molecule has 0 unspecified atom stereocenters. The van der Waals surface area contributed by atoms with Crippen LogP contribution in [-0.2, 0) is 16.4 Å². The third-order valence-electron chi connectivity index (χ3n) is 2.49. The van der Waals surface area contributed by atoms with Gasteiger partial charge in [-0.25, -0.2) is 13.1 Å². The molecule has 0 atom stereocenters. The highest BCUT2D eigenvalue weighted by molar-refractivity contribution is 9.10. The van der Waals surface area contributed by atoms with Crippen molar-refractivity contribution in [1.82, 2.24) is 4.72 Å². The van der Waals surface area contributed by atoms with Gasteiger partial charge in [-0.05, 0) is 52.0 Å². The van der Waals surface area contributed by atoms with Gasteiger partial charge in [0.2, 0.25) is 10.0 Å². The highest BCUT2D eigenvalue weighted by Crippen LogP contribution is 2.24. The van der Waals surface area contributed by atoms with E-state index in [4.69, 9.17) is 5.73 Å². The first-order chi connectivity index (χ1) is 8.99. The Morgan fingerprint density at radius 2 is 2.11 bits per heavy atom. The predicted molar refractivity (Wildman–Crippen MR) is 81.8 cm³/mol. The smallest absolute Gasteiger partial charge is 0.241 e. The van der Waals surface area contributed by atoms with E-state index >= 15 is 0 Å². The van der Waals surface area contributed by atoms with E-state index in [2.05, 4.69) is 20.7 Å². The van der Waals surface area contributed by atoms with Crippen molar-refractivity contribution >= 4 is 43.0 Å².